The number of hydrogen-bond donors (Lipinski definition) is 1. The summed E-state index contributed by atoms with van der Waals surface area (Å²) in [6, 6.07) is 9.08. The molecule has 0 spiro atoms. The van der Waals surface area contributed by atoms with Crippen LogP contribution in [0.3, 0.4) is 0 Å². The highest BCUT2D eigenvalue weighted by Crippen LogP contribution is 2.28. The van der Waals surface area contributed by atoms with Crippen molar-refractivity contribution >= 4 is 0 Å². The Morgan fingerprint density at radius 1 is 1.33 bits per heavy atom. The molecule has 1 heterocycles. The van der Waals surface area contributed by atoms with Crippen LogP contribution >= 0.6 is 0 Å². The summed E-state index contributed by atoms with van der Waals surface area (Å²) in [4.78, 5) is 2.59. The molecule has 1 N–H and O–H groups in total. The maximum atomic E-state index is 5.87. The van der Waals surface area contributed by atoms with Crippen LogP contribution in [0.2, 0.25) is 0 Å². The van der Waals surface area contributed by atoms with Crippen molar-refractivity contribution in [3.63, 3.8) is 0 Å². The van der Waals surface area contributed by atoms with Crippen LogP contribution in [0.4, 0.5) is 0 Å². The van der Waals surface area contributed by atoms with Crippen molar-refractivity contribution in [3.8, 4) is 5.75 Å². The fourth-order valence-corrected chi connectivity index (χ4v) is 2.95. The van der Waals surface area contributed by atoms with E-state index in [1.165, 1.54) is 18.4 Å². The fourth-order valence-electron chi connectivity index (χ4n) is 2.95. The van der Waals surface area contributed by atoms with E-state index in [-0.39, 0.29) is 0 Å². The van der Waals surface area contributed by atoms with Gasteiger partial charge in [-0.1, -0.05) is 18.2 Å². The van der Waals surface area contributed by atoms with Gasteiger partial charge in [0.15, 0.2) is 0 Å². The van der Waals surface area contributed by atoms with Gasteiger partial charge in [-0.25, -0.2) is 0 Å². The van der Waals surface area contributed by atoms with Crippen molar-refractivity contribution in [2.75, 3.05) is 32.8 Å². The first-order chi connectivity index (χ1) is 10.4. The summed E-state index contributed by atoms with van der Waals surface area (Å²) in [6.45, 7) is 7.52. The molecule has 1 aliphatic heterocycles. The van der Waals surface area contributed by atoms with Crippen LogP contribution in [-0.2, 0) is 11.3 Å². The molecule has 1 saturated carbocycles. The molecular weight excluding hydrogens is 264 g/mol. The quantitative estimate of drug-likeness (QED) is 0.833. The lowest BCUT2D eigenvalue weighted by Gasteiger charge is -2.33. The van der Waals surface area contributed by atoms with Crippen LogP contribution in [0.1, 0.15) is 25.3 Å². The predicted octanol–water partition coefficient (Wildman–Crippen LogP) is 2.04. The van der Waals surface area contributed by atoms with E-state index in [2.05, 4.69) is 22.3 Å². The van der Waals surface area contributed by atoms with E-state index in [9.17, 15) is 0 Å². The van der Waals surface area contributed by atoms with Crippen LogP contribution in [0.5, 0.6) is 5.75 Å². The third-order valence-electron chi connectivity index (χ3n) is 4.19. The van der Waals surface area contributed by atoms with Crippen LogP contribution in [0, 0.1) is 0 Å². The first-order valence-corrected chi connectivity index (χ1v) is 8.14. The zero-order valence-electron chi connectivity index (χ0n) is 12.9. The summed E-state index contributed by atoms with van der Waals surface area (Å²) in [5, 5.41) is 3.52. The number of hydrogen-bond acceptors (Lipinski definition) is 4. The molecule has 1 saturated heterocycles. The van der Waals surface area contributed by atoms with E-state index >= 15 is 0 Å². The Hall–Kier alpha value is -1.10. The number of benzene rings is 1. The van der Waals surface area contributed by atoms with Crippen LogP contribution in [-0.4, -0.2) is 49.9 Å². The average molecular weight is 290 g/mol. The molecule has 4 heteroatoms. The predicted molar refractivity (Wildman–Crippen MR) is 83.7 cm³/mol. The fraction of sp³-hybridized carbons (Fsp3) is 0.647. The second-order valence-corrected chi connectivity index (χ2v) is 5.89. The first kappa shape index (κ1) is 14.8. The number of rotatable bonds is 7. The molecule has 2 aliphatic rings. The maximum Gasteiger partial charge on any atom is 0.123 e. The Kier molecular flexibility index (Phi) is 5.12. The molecule has 1 atom stereocenters. The second-order valence-electron chi connectivity index (χ2n) is 5.89. The van der Waals surface area contributed by atoms with Gasteiger partial charge in [0.05, 0.1) is 19.3 Å². The Labute approximate surface area is 127 Å². The van der Waals surface area contributed by atoms with E-state index in [1.807, 2.05) is 19.1 Å². The lowest BCUT2D eigenvalue weighted by molar-refractivity contribution is -0.0301. The lowest BCUT2D eigenvalue weighted by Crippen LogP contribution is -2.47. The molecule has 4 nitrogen and oxygen atoms in total. The van der Waals surface area contributed by atoms with E-state index in [4.69, 9.17) is 9.47 Å². The van der Waals surface area contributed by atoms with Crippen molar-refractivity contribution in [3.05, 3.63) is 29.8 Å². The summed E-state index contributed by atoms with van der Waals surface area (Å²) in [7, 11) is 0. The molecule has 1 unspecified atom stereocenters. The summed E-state index contributed by atoms with van der Waals surface area (Å²) in [6.07, 6.45) is 3.07. The largest absolute Gasteiger partial charge is 0.494 e. The number of morpholine rings is 1. The van der Waals surface area contributed by atoms with Crippen molar-refractivity contribution in [2.45, 2.75) is 38.5 Å². The van der Waals surface area contributed by atoms with Gasteiger partial charge in [-0.2, -0.15) is 0 Å². The highest BCUT2D eigenvalue weighted by atomic mass is 16.5. The Bertz CT molecular complexity index is 448. The standard InChI is InChI=1S/C17H26N2O2/c1-2-20-17-6-4-3-5-14(17)11-18-12-16-13-19(9-10-21-16)15-7-8-15/h3-6,15-16,18H,2,7-13H2,1H3. The summed E-state index contributed by atoms with van der Waals surface area (Å²) >= 11 is 0. The van der Waals surface area contributed by atoms with E-state index in [0.717, 1.165) is 44.6 Å². The van der Waals surface area contributed by atoms with Gasteiger partial charge in [-0.3, -0.25) is 4.90 Å². The van der Waals surface area contributed by atoms with Gasteiger partial charge >= 0.3 is 0 Å². The number of ether oxygens (including phenoxy) is 2. The molecule has 1 aromatic carbocycles. The molecule has 0 amide bonds. The van der Waals surface area contributed by atoms with Gasteiger partial charge in [-0.15, -0.1) is 0 Å². The van der Waals surface area contributed by atoms with Crippen LogP contribution in [0.25, 0.3) is 0 Å². The van der Waals surface area contributed by atoms with E-state index in [0.29, 0.717) is 12.7 Å². The van der Waals surface area contributed by atoms with Gasteiger partial charge in [-0.05, 0) is 25.8 Å². The second kappa shape index (κ2) is 7.25. The molecule has 1 aromatic rings. The number of para-hydroxylation sites is 1. The molecular formula is C17H26N2O2. The minimum atomic E-state index is 0.318. The number of nitrogens with zero attached hydrogens (tertiary/aromatic N) is 1. The van der Waals surface area contributed by atoms with Gasteiger partial charge < -0.3 is 14.8 Å². The van der Waals surface area contributed by atoms with Crippen LogP contribution < -0.4 is 10.1 Å². The minimum absolute atomic E-state index is 0.318. The van der Waals surface area contributed by atoms with Gasteiger partial charge in [0.1, 0.15) is 5.75 Å². The maximum absolute atomic E-state index is 5.87. The molecule has 2 fully saturated rings. The van der Waals surface area contributed by atoms with E-state index in [1.54, 1.807) is 0 Å². The highest BCUT2D eigenvalue weighted by Gasteiger charge is 2.32. The Morgan fingerprint density at radius 2 is 2.19 bits per heavy atom. The highest BCUT2D eigenvalue weighted by molar-refractivity contribution is 5.33. The zero-order chi connectivity index (χ0) is 14.5. The van der Waals surface area contributed by atoms with E-state index < -0.39 is 0 Å². The molecule has 21 heavy (non-hydrogen) atoms. The van der Waals surface area contributed by atoms with Gasteiger partial charge in [0, 0.05) is 37.8 Å². The summed E-state index contributed by atoms with van der Waals surface area (Å²) < 4.78 is 11.5. The molecule has 3 rings (SSSR count). The van der Waals surface area contributed by atoms with Gasteiger partial charge in [0.2, 0.25) is 0 Å². The van der Waals surface area contributed by atoms with Crippen molar-refractivity contribution < 1.29 is 9.47 Å². The van der Waals surface area contributed by atoms with Crippen molar-refractivity contribution in [2.24, 2.45) is 0 Å². The van der Waals surface area contributed by atoms with Crippen molar-refractivity contribution in [1.82, 2.24) is 10.2 Å². The number of nitrogens with one attached hydrogen (secondary N) is 1. The normalized spacial score (nSPS) is 23.2. The topological polar surface area (TPSA) is 33.7 Å². The molecule has 1 aliphatic carbocycles. The Morgan fingerprint density at radius 3 is 3.00 bits per heavy atom. The zero-order valence-corrected chi connectivity index (χ0v) is 12.9. The third kappa shape index (κ3) is 4.19. The minimum Gasteiger partial charge on any atom is -0.494 e. The lowest BCUT2D eigenvalue weighted by atomic mass is 10.2. The molecule has 116 valence electrons. The van der Waals surface area contributed by atoms with Crippen molar-refractivity contribution in [1.29, 1.82) is 0 Å². The smallest absolute Gasteiger partial charge is 0.123 e. The molecule has 0 radical (unpaired) electrons. The molecule has 0 bridgehead atoms. The first-order valence-electron chi connectivity index (χ1n) is 8.14. The Balaban J connectivity index is 1.45. The third-order valence-corrected chi connectivity index (χ3v) is 4.19. The van der Waals surface area contributed by atoms with Gasteiger partial charge in [0.25, 0.3) is 0 Å². The summed E-state index contributed by atoms with van der Waals surface area (Å²) in [5.74, 6) is 0.983. The SMILES string of the molecule is CCOc1ccccc1CNCC1CN(C2CC2)CCO1. The average Bonchev–Trinajstić information content (AvgIpc) is 3.34. The van der Waals surface area contributed by atoms with Crippen LogP contribution in [0.15, 0.2) is 24.3 Å². The summed E-state index contributed by atoms with van der Waals surface area (Å²) in [5.41, 5.74) is 1.22. The molecule has 0 aromatic heterocycles. The monoisotopic (exact) mass is 290 g/mol.